The first-order valence-electron chi connectivity index (χ1n) is 6.30. The Kier molecular flexibility index (Phi) is 3.63. The highest BCUT2D eigenvalue weighted by atomic mass is 32.2. The first-order valence-corrected chi connectivity index (χ1v) is 7.45. The molecule has 0 saturated carbocycles. The Labute approximate surface area is 98.0 Å². The van der Waals surface area contributed by atoms with E-state index in [1.807, 2.05) is 0 Å². The molecule has 0 bridgehead atoms. The summed E-state index contributed by atoms with van der Waals surface area (Å²) in [5.41, 5.74) is 6.41. The van der Waals surface area contributed by atoms with Crippen LogP contribution in [0, 0.1) is 0 Å². The Bertz CT molecular complexity index is 214. The van der Waals surface area contributed by atoms with E-state index in [4.69, 9.17) is 5.73 Å². The number of nitrogens with zero attached hydrogens (tertiary/aromatic N) is 1. The van der Waals surface area contributed by atoms with Crippen LogP contribution >= 0.6 is 11.8 Å². The quantitative estimate of drug-likeness (QED) is 0.802. The van der Waals surface area contributed by atoms with Crippen LogP contribution in [0.3, 0.4) is 0 Å². The number of likely N-dealkylation sites (tertiary alicyclic amines) is 1. The maximum atomic E-state index is 6.07. The first-order chi connectivity index (χ1) is 7.23. The maximum Gasteiger partial charge on any atom is 0.0435 e. The fourth-order valence-electron chi connectivity index (χ4n) is 3.39. The molecule has 0 radical (unpaired) electrons. The van der Waals surface area contributed by atoms with E-state index in [0.717, 1.165) is 18.6 Å². The minimum absolute atomic E-state index is 0.335. The van der Waals surface area contributed by atoms with Gasteiger partial charge in [-0.1, -0.05) is 6.92 Å². The van der Waals surface area contributed by atoms with E-state index in [2.05, 4.69) is 30.5 Å². The van der Waals surface area contributed by atoms with Gasteiger partial charge in [-0.05, 0) is 38.4 Å². The lowest BCUT2D eigenvalue weighted by molar-refractivity contribution is 0.0651. The SMILES string of the molecule is CCC1CCC(C)N1C1(CN)CCSC1. The van der Waals surface area contributed by atoms with Gasteiger partial charge in [0.05, 0.1) is 0 Å². The normalized spacial score (nSPS) is 42.6. The van der Waals surface area contributed by atoms with Gasteiger partial charge in [0.25, 0.3) is 0 Å². The van der Waals surface area contributed by atoms with Crippen LogP contribution in [-0.2, 0) is 0 Å². The summed E-state index contributed by atoms with van der Waals surface area (Å²) < 4.78 is 0. The highest BCUT2D eigenvalue weighted by molar-refractivity contribution is 7.99. The summed E-state index contributed by atoms with van der Waals surface area (Å²) in [5.74, 6) is 2.56. The van der Waals surface area contributed by atoms with E-state index in [9.17, 15) is 0 Å². The molecule has 2 aliphatic heterocycles. The Hall–Kier alpha value is 0.270. The molecule has 88 valence electrons. The van der Waals surface area contributed by atoms with E-state index in [1.165, 1.54) is 37.2 Å². The second kappa shape index (κ2) is 4.64. The molecule has 2 nitrogen and oxygen atoms in total. The maximum absolute atomic E-state index is 6.07. The number of hydrogen-bond donors (Lipinski definition) is 1. The van der Waals surface area contributed by atoms with Crippen LogP contribution in [0.4, 0.5) is 0 Å². The second-order valence-corrected chi connectivity index (χ2v) is 6.23. The van der Waals surface area contributed by atoms with Crippen molar-refractivity contribution in [2.45, 2.75) is 57.2 Å². The van der Waals surface area contributed by atoms with Gasteiger partial charge < -0.3 is 5.73 Å². The zero-order chi connectivity index (χ0) is 10.9. The van der Waals surface area contributed by atoms with Crippen molar-refractivity contribution in [2.75, 3.05) is 18.1 Å². The second-order valence-electron chi connectivity index (χ2n) is 5.13. The van der Waals surface area contributed by atoms with Gasteiger partial charge in [-0.15, -0.1) is 0 Å². The topological polar surface area (TPSA) is 29.3 Å². The Balaban J connectivity index is 2.18. The summed E-state index contributed by atoms with van der Waals surface area (Å²) in [4.78, 5) is 2.77. The van der Waals surface area contributed by atoms with Crippen molar-refractivity contribution in [1.82, 2.24) is 4.90 Å². The lowest BCUT2D eigenvalue weighted by Crippen LogP contribution is -2.58. The summed E-state index contributed by atoms with van der Waals surface area (Å²) in [6.45, 7) is 5.55. The predicted molar refractivity (Wildman–Crippen MR) is 68.3 cm³/mol. The molecule has 2 fully saturated rings. The van der Waals surface area contributed by atoms with Gasteiger partial charge in [-0.2, -0.15) is 11.8 Å². The van der Waals surface area contributed by atoms with E-state index in [0.29, 0.717) is 5.54 Å². The van der Waals surface area contributed by atoms with E-state index < -0.39 is 0 Å². The molecule has 2 aliphatic rings. The minimum Gasteiger partial charge on any atom is -0.329 e. The Morgan fingerprint density at radius 3 is 2.80 bits per heavy atom. The molecule has 0 spiro atoms. The van der Waals surface area contributed by atoms with Crippen molar-refractivity contribution >= 4 is 11.8 Å². The summed E-state index contributed by atoms with van der Waals surface area (Å²) in [5, 5.41) is 0. The van der Waals surface area contributed by atoms with Crippen molar-refractivity contribution in [3.63, 3.8) is 0 Å². The van der Waals surface area contributed by atoms with Gasteiger partial charge in [0.2, 0.25) is 0 Å². The lowest BCUT2D eigenvalue weighted by Gasteiger charge is -2.44. The van der Waals surface area contributed by atoms with Crippen molar-refractivity contribution in [3.05, 3.63) is 0 Å². The molecule has 0 aliphatic carbocycles. The molecule has 0 amide bonds. The van der Waals surface area contributed by atoms with Gasteiger partial charge in [0.15, 0.2) is 0 Å². The molecule has 0 aromatic rings. The molecule has 15 heavy (non-hydrogen) atoms. The van der Waals surface area contributed by atoms with E-state index in [-0.39, 0.29) is 0 Å². The predicted octanol–water partition coefficient (Wildman–Crippen LogP) is 2.08. The fourth-order valence-corrected chi connectivity index (χ4v) is 4.85. The van der Waals surface area contributed by atoms with Gasteiger partial charge in [0, 0.05) is 29.9 Å². The lowest BCUT2D eigenvalue weighted by atomic mass is 9.94. The van der Waals surface area contributed by atoms with E-state index in [1.54, 1.807) is 0 Å². The molecule has 2 heterocycles. The third kappa shape index (κ3) is 1.94. The van der Waals surface area contributed by atoms with Crippen molar-refractivity contribution in [2.24, 2.45) is 5.73 Å². The van der Waals surface area contributed by atoms with Crippen LogP contribution in [0.1, 0.15) is 39.5 Å². The van der Waals surface area contributed by atoms with Gasteiger partial charge in [-0.3, -0.25) is 4.90 Å². The molecule has 3 unspecified atom stereocenters. The molecule has 2 N–H and O–H groups in total. The first kappa shape index (κ1) is 11.7. The Morgan fingerprint density at radius 1 is 1.47 bits per heavy atom. The molecular weight excluding hydrogens is 204 g/mol. The summed E-state index contributed by atoms with van der Waals surface area (Å²) in [6, 6.07) is 1.54. The van der Waals surface area contributed by atoms with Crippen LogP contribution < -0.4 is 5.73 Å². The average Bonchev–Trinajstić information content (AvgIpc) is 2.84. The highest BCUT2D eigenvalue weighted by Crippen LogP contribution is 2.40. The molecule has 0 aromatic heterocycles. The van der Waals surface area contributed by atoms with Crippen LogP contribution in [0.2, 0.25) is 0 Å². The van der Waals surface area contributed by atoms with Crippen LogP contribution in [0.25, 0.3) is 0 Å². The number of hydrogen-bond acceptors (Lipinski definition) is 3. The average molecular weight is 228 g/mol. The van der Waals surface area contributed by atoms with Crippen molar-refractivity contribution in [3.8, 4) is 0 Å². The van der Waals surface area contributed by atoms with Crippen LogP contribution in [0.15, 0.2) is 0 Å². The molecular formula is C12H24N2S. The van der Waals surface area contributed by atoms with Gasteiger partial charge >= 0.3 is 0 Å². The van der Waals surface area contributed by atoms with Crippen LogP contribution in [-0.4, -0.2) is 40.6 Å². The molecule has 3 atom stereocenters. The Morgan fingerprint density at radius 2 is 2.27 bits per heavy atom. The molecule has 2 saturated heterocycles. The van der Waals surface area contributed by atoms with Gasteiger partial charge in [0.1, 0.15) is 0 Å². The largest absolute Gasteiger partial charge is 0.329 e. The fraction of sp³-hybridized carbons (Fsp3) is 1.00. The minimum atomic E-state index is 0.335. The van der Waals surface area contributed by atoms with Crippen LogP contribution in [0.5, 0.6) is 0 Å². The number of rotatable bonds is 3. The summed E-state index contributed by atoms with van der Waals surface area (Å²) in [6.07, 6.45) is 5.33. The number of nitrogens with two attached hydrogens (primary N) is 1. The summed E-state index contributed by atoms with van der Waals surface area (Å²) in [7, 11) is 0. The smallest absolute Gasteiger partial charge is 0.0435 e. The number of thioether (sulfide) groups is 1. The molecule has 3 heteroatoms. The zero-order valence-corrected chi connectivity index (χ0v) is 10.9. The van der Waals surface area contributed by atoms with Crippen molar-refractivity contribution < 1.29 is 0 Å². The standard InChI is InChI=1S/C12H24N2S/c1-3-11-5-4-10(2)14(11)12(8-13)6-7-15-9-12/h10-11H,3-9,13H2,1-2H3. The molecule has 2 rings (SSSR count). The van der Waals surface area contributed by atoms with Crippen molar-refractivity contribution in [1.29, 1.82) is 0 Å². The zero-order valence-electron chi connectivity index (χ0n) is 10.0. The third-order valence-electron chi connectivity index (χ3n) is 4.27. The monoisotopic (exact) mass is 228 g/mol. The third-order valence-corrected chi connectivity index (χ3v) is 5.50. The van der Waals surface area contributed by atoms with E-state index >= 15 is 0 Å². The molecule has 0 aromatic carbocycles. The highest BCUT2D eigenvalue weighted by Gasteiger charge is 2.46. The summed E-state index contributed by atoms with van der Waals surface area (Å²) >= 11 is 2.09. The van der Waals surface area contributed by atoms with Gasteiger partial charge in [-0.25, -0.2) is 0 Å².